The summed E-state index contributed by atoms with van der Waals surface area (Å²) in [5.74, 6) is -0.220. The Morgan fingerprint density at radius 3 is 2.75 bits per heavy atom. The Balaban J connectivity index is 1.95. The van der Waals surface area contributed by atoms with Crippen molar-refractivity contribution in [3.05, 3.63) is 39.9 Å². The van der Waals surface area contributed by atoms with Crippen molar-refractivity contribution >= 4 is 35.2 Å². The third kappa shape index (κ3) is 4.23. The minimum absolute atomic E-state index is 0.151. The third-order valence-corrected chi connectivity index (χ3v) is 4.00. The number of aliphatic hydroxyl groups excluding tert-OH is 1. The second kappa shape index (κ2) is 7.11. The summed E-state index contributed by atoms with van der Waals surface area (Å²) in [6.07, 6.45) is 6.25. The van der Waals surface area contributed by atoms with E-state index in [1.165, 1.54) is 6.08 Å². The quantitative estimate of drug-likeness (QED) is 0.840. The molecule has 1 aromatic carbocycles. The molecule has 0 aromatic heterocycles. The molecule has 1 saturated carbocycles. The van der Waals surface area contributed by atoms with Crippen molar-refractivity contribution in [2.24, 2.45) is 0 Å². The zero-order valence-corrected chi connectivity index (χ0v) is 12.5. The number of benzene rings is 1. The van der Waals surface area contributed by atoms with Crippen LogP contribution in [0.1, 0.15) is 31.2 Å². The van der Waals surface area contributed by atoms with E-state index in [1.54, 1.807) is 24.3 Å². The van der Waals surface area contributed by atoms with Gasteiger partial charge in [-0.05, 0) is 36.6 Å². The molecule has 3 nitrogen and oxygen atoms in total. The molecule has 1 aliphatic rings. The van der Waals surface area contributed by atoms with E-state index in [0.717, 1.165) is 31.2 Å². The number of aliphatic hydroxyl groups is 1. The van der Waals surface area contributed by atoms with Gasteiger partial charge in [0.25, 0.3) is 0 Å². The summed E-state index contributed by atoms with van der Waals surface area (Å²) in [5.41, 5.74) is 0.732. The molecule has 2 atom stereocenters. The molecule has 0 radical (unpaired) electrons. The van der Waals surface area contributed by atoms with Crippen LogP contribution in [-0.4, -0.2) is 23.2 Å². The number of hydrogen-bond acceptors (Lipinski definition) is 2. The average Bonchev–Trinajstić information content (AvgIpc) is 2.40. The summed E-state index contributed by atoms with van der Waals surface area (Å²) in [7, 11) is 0. The highest BCUT2D eigenvalue weighted by Gasteiger charge is 2.23. The lowest BCUT2D eigenvalue weighted by molar-refractivity contribution is -0.118. The molecule has 0 aliphatic heterocycles. The van der Waals surface area contributed by atoms with Crippen LogP contribution in [0.2, 0.25) is 10.0 Å². The summed E-state index contributed by atoms with van der Waals surface area (Å²) >= 11 is 11.8. The molecule has 2 rings (SSSR count). The summed E-state index contributed by atoms with van der Waals surface area (Å²) in [6.45, 7) is 0. The van der Waals surface area contributed by atoms with Crippen molar-refractivity contribution in [3.63, 3.8) is 0 Å². The SMILES string of the molecule is O=C(C=Cc1ccc(Cl)cc1Cl)NC1CCCCC1O. The molecule has 20 heavy (non-hydrogen) atoms. The molecule has 1 aromatic rings. The van der Waals surface area contributed by atoms with Gasteiger partial charge in [-0.3, -0.25) is 4.79 Å². The summed E-state index contributed by atoms with van der Waals surface area (Å²) in [5, 5.41) is 13.7. The van der Waals surface area contributed by atoms with Crippen LogP contribution in [0, 0.1) is 0 Å². The third-order valence-electron chi connectivity index (χ3n) is 3.43. The van der Waals surface area contributed by atoms with Crippen LogP contribution >= 0.6 is 23.2 Å². The Labute approximate surface area is 128 Å². The summed E-state index contributed by atoms with van der Waals surface area (Å²) < 4.78 is 0. The van der Waals surface area contributed by atoms with Crippen LogP contribution in [0.15, 0.2) is 24.3 Å². The van der Waals surface area contributed by atoms with Crippen LogP contribution < -0.4 is 5.32 Å². The number of amides is 1. The van der Waals surface area contributed by atoms with Crippen molar-refractivity contribution in [3.8, 4) is 0 Å². The maximum Gasteiger partial charge on any atom is 0.244 e. The van der Waals surface area contributed by atoms with E-state index in [1.807, 2.05) is 0 Å². The van der Waals surface area contributed by atoms with Crippen LogP contribution in [-0.2, 0) is 4.79 Å². The van der Waals surface area contributed by atoms with Gasteiger partial charge in [0.05, 0.1) is 12.1 Å². The van der Waals surface area contributed by atoms with Crippen molar-refractivity contribution < 1.29 is 9.90 Å². The van der Waals surface area contributed by atoms with Crippen LogP contribution in [0.4, 0.5) is 0 Å². The van der Waals surface area contributed by atoms with Gasteiger partial charge in [-0.1, -0.05) is 42.1 Å². The van der Waals surface area contributed by atoms with Crippen molar-refractivity contribution in [2.75, 3.05) is 0 Å². The monoisotopic (exact) mass is 313 g/mol. The standard InChI is InChI=1S/C15H17Cl2NO2/c16-11-7-5-10(12(17)9-11)6-8-15(20)18-13-3-1-2-4-14(13)19/h5-9,13-14,19H,1-4H2,(H,18,20). The van der Waals surface area contributed by atoms with Gasteiger partial charge in [-0.2, -0.15) is 0 Å². The molecule has 0 heterocycles. The lowest BCUT2D eigenvalue weighted by Gasteiger charge is -2.27. The first-order valence-corrected chi connectivity index (χ1v) is 7.43. The molecule has 0 bridgehead atoms. The fraction of sp³-hybridized carbons (Fsp3) is 0.400. The molecule has 1 aliphatic carbocycles. The molecule has 1 amide bonds. The Kier molecular flexibility index (Phi) is 5.46. The zero-order valence-electron chi connectivity index (χ0n) is 11.0. The Hall–Kier alpha value is -1.03. The first-order chi connectivity index (χ1) is 9.56. The second-order valence-electron chi connectivity index (χ2n) is 4.97. The highest BCUT2D eigenvalue weighted by molar-refractivity contribution is 6.35. The fourth-order valence-corrected chi connectivity index (χ4v) is 2.78. The van der Waals surface area contributed by atoms with Gasteiger partial charge >= 0.3 is 0 Å². The van der Waals surface area contributed by atoms with E-state index in [4.69, 9.17) is 23.2 Å². The summed E-state index contributed by atoms with van der Waals surface area (Å²) in [6, 6.07) is 4.95. The van der Waals surface area contributed by atoms with Gasteiger partial charge in [0.2, 0.25) is 5.91 Å². The smallest absolute Gasteiger partial charge is 0.244 e. The summed E-state index contributed by atoms with van der Waals surface area (Å²) in [4.78, 5) is 11.8. The number of carbonyl (C=O) groups excluding carboxylic acids is 1. The van der Waals surface area contributed by atoms with Crippen molar-refractivity contribution in [2.45, 2.75) is 37.8 Å². The molecule has 0 saturated heterocycles. The Morgan fingerprint density at radius 2 is 2.05 bits per heavy atom. The van der Waals surface area contributed by atoms with Crippen molar-refractivity contribution in [1.29, 1.82) is 0 Å². The number of hydrogen-bond donors (Lipinski definition) is 2. The topological polar surface area (TPSA) is 49.3 Å². The maximum atomic E-state index is 11.8. The van der Waals surface area contributed by atoms with Gasteiger partial charge in [0.1, 0.15) is 0 Å². The fourth-order valence-electron chi connectivity index (χ4n) is 2.31. The number of nitrogens with one attached hydrogen (secondary N) is 1. The minimum Gasteiger partial charge on any atom is -0.391 e. The van der Waals surface area contributed by atoms with E-state index in [-0.39, 0.29) is 11.9 Å². The Morgan fingerprint density at radius 1 is 1.30 bits per heavy atom. The first-order valence-electron chi connectivity index (χ1n) is 6.68. The van der Waals surface area contributed by atoms with Gasteiger partial charge < -0.3 is 10.4 Å². The molecular weight excluding hydrogens is 297 g/mol. The molecule has 5 heteroatoms. The van der Waals surface area contributed by atoms with Crippen molar-refractivity contribution in [1.82, 2.24) is 5.32 Å². The Bertz CT molecular complexity index is 517. The zero-order chi connectivity index (χ0) is 14.5. The number of carbonyl (C=O) groups is 1. The minimum atomic E-state index is -0.444. The van der Waals surface area contributed by atoms with Crippen LogP contribution in [0.25, 0.3) is 6.08 Å². The maximum absolute atomic E-state index is 11.8. The molecular formula is C15H17Cl2NO2. The molecule has 1 fully saturated rings. The van der Waals surface area contributed by atoms with E-state index in [0.29, 0.717) is 10.0 Å². The van der Waals surface area contributed by atoms with Crippen LogP contribution in [0.5, 0.6) is 0 Å². The highest BCUT2D eigenvalue weighted by Crippen LogP contribution is 2.22. The van der Waals surface area contributed by atoms with Gasteiger partial charge in [-0.25, -0.2) is 0 Å². The predicted molar refractivity (Wildman–Crippen MR) is 81.9 cm³/mol. The van der Waals surface area contributed by atoms with Gasteiger partial charge in [0, 0.05) is 16.1 Å². The van der Waals surface area contributed by atoms with Crippen LogP contribution in [0.3, 0.4) is 0 Å². The molecule has 2 N–H and O–H groups in total. The predicted octanol–water partition coefficient (Wildman–Crippen LogP) is 3.43. The highest BCUT2D eigenvalue weighted by atomic mass is 35.5. The van der Waals surface area contributed by atoms with Gasteiger partial charge in [-0.15, -0.1) is 0 Å². The molecule has 2 unspecified atom stereocenters. The number of rotatable bonds is 3. The van der Waals surface area contributed by atoms with E-state index in [9.17, 15) is 9.90 Å². The molecule has 0 spiro atoms. The first kappa shape index (κ1) is 15.4. The lowest BCUT2D eigenvalue weighted by atomic mass is 9.92. The van der Waals surface area contributed by atoms with E-state index >= 15 is 0 Å². The van der Waals surface area contributed by atoms with Gasteiger partial charge in [0.15, 0.2) is 0 Å². The van der Waals surface area contributed by atoms with E-state index < -0.39 is 6.10 Å². The second-order valence-corrected chi connectivity index (χ2v) is 5.81. The molecule has 108 valence electrons. The number of halogens is 2. The lowest BCUT2D eigenvalue weighted by Crippen LogP contribution is -2.44. The van der Waals surface area contributed by atoms with E-state index in [2.05, 4.69) is 5.32 Å². The average molecular weight is 314 g/mol. The normalized spacial score (nSPS) is 22.9. The largest absolute Gasteiger partial charge is 0.391 e.